The van der Waals surface area contributed by atoms with Gasteiger partial charge in [-0.3, -0.25) is 0 Å². The number of nitrogen functional groups attached to an aromatic ring is 1. The molecule has 2 aromatic carbocycles. The molecule has 0 saturated heterocycles. The third-order valence-corrected chi connectivity index (χ3v) is 3.14. The molecule has 0 radical (unpaired) electrons. The van der Waals surface area contributed by atoms with E-state index in [1.807, 2.05) is 19.9 Å². The first-order valence-corrected chi connectivity index (χ1v) is 6.21. The Hall–Kier alpha value is -2.03. The molecule has 0 aliphatic rings. The summed E-state index contributed by atoms with van der Waals surface area (Å²) < 4.78 is 19.0. The van der Waals surface area contributed by atoms with Crippen molar-refractivity contribution >= 4 is 5.69 Å². The first kappa shape index (κ1) is 13.4. The zero-order chi connectivity index (χ0) is 14.0. The molecule has 0 unspecified atom stereocenters. The minimum atomic E-state index is -0.337. The Morgan fingerprint density at radius 1 is 1.05 bits per heavy atom. The molecule has 2 nitrogen and oxygen atoms in total. The van der Waals surface area contributed by atoms with Crippen LogP contribution in [0.3, 0.4) is 0 Å². The lowest BCUT2D eigenvalue weighted by Crippen LogP contribution is -2.00. The summed E-state index contributed by atoms with van der Waals surface area (Å²) >= 11 is 0. The Labute approximate surface area is 113 Å². The van der Waals surface area contributed by atoms with Crippen LogP contribution in [0.1, 0.15) is 22.3 Å². The Morgan fingerprint density at radius 3 is 2.47 bits per heavy atom. The van der Waals surface area contributed by atoms with Gasteiger partial charge in [-0.2, -0.15) is 0 Å². The van der Waals surface area contributed by atoms with Gasteiger partial charge in [-0.15, -0.1) is 0 Å². The molecule has 0 atom stereocenters. The second-order valence-electron chi connectivity index (χ2n) is 4.89. The minimum Gasteiger partial charge on any atom is -0.489 e. The van der Waals surface area contributed by atoms with Gasteiger partial charge in [0.2, 0.25) is 0 Å². The zero-order valence-electron chi connectivity index (χ0n) is 11.5. The summed E-state index contributed by atoms with van der Waals surface area (Å²) in [5.74, 6) is 0.496. The van der Waals surface area contributed by atoms with E-state index in [-0.39, 0.29) is 5.82 Å². The van der Waals surface area contributed by atoms with Crippen molar-refractivity contribution < 1.29 is 9.13 Å². The lowest BCUT2D eigenvalue weighted by Gasteiger charge is -2.12. The molecule has 0 fully saturated rings. The maximum absolute atomic E-state index is 13.2. The zero-order valence-corrected chi connectivity index (χ0v) is 11.5. The number of ether oxygens (including phenoxy) is 1. The number of nitrogens with two attached hydrogens (primary N) is 1. The quantitative estimate of drug-likeness (QED) is 0.848. The standard InChI is InChI=1S/C16H18FNO/c1-10-4-11(2)12(3)16(5-10)19-9-13-6-14(17)8-15(18)7-13/h4-8H,9,18H2,1-3H3. The number of hydrogen-bond donors (Lipinski definition) is 1. The second kappa shape index (κ2) is 5.31. The van der Waals surface area contributed by atoms with E-state index in [1.165, 1.54) is 17.7 Å². The fraction of sp³-hybridized carbons (Fsp3) is 0.250. The maximum atomic E-state index is 13.2. The van der Waals surface area contributed by atoms with E-state index in [0.717, 1.165) is 22.4 Å². The fourth-order valence-electron chi connectivity index (χ4n) is 2.07. The summed E-state index contributed by atoms with van der Waals surface area (Å²) in [5.41, 5.74) is 10.2. The predicted octanol–water partition coefficient (Wildman–Crippen LogP) is 3.91. The normalized spacial score (nSPS) is 10.5. The Morgan fingerprint density at radius 2 is 1.79 bits per heavy atom. The summed E-state index contributed by atoms with van der Waals surface area (Å²) in [4.78, 5) is 0. The monoisotopic (exact) mass is 259 g/mol. The highest BCUT2D eigenvalue weighted by molar-refractivity contribution is 5.43. The van der Waals surface area contributed by atoms with Crippen LogP contribution in [0.2, 0.25) is 0 Å². The molecule has 2 N–H and O–H groups in total. The van der Waals surface area contributed by atoms with Gasteiger partial charge in [0.1, 0.15) is 18.2 Å². The van der Waals surface area contributed by atoms with Crippen LogP contribution in [0.25, 0.3) is 0 Å². The molecule has 0 aliphatic carbocycles. The van der Waals surface area contributed by atoms with E-state index >= 15 is 0 Å². The van der Waals surface area contributed by atoms with Crippen LogP contribution in [0.4, 0.5) is 10.1 Å². The summed E-state index contributed by atoms with van der Waals surface area (Å²) in [6.45, 7) is 6.41. The van der Waals surface area contributed by atoms with Crippen LogP contribution < -0.4 is 10.5 Å². The third kappa shape index (κ3) is 3.25. The highest BCUT2D eigenvalue weighted by atomic mass is 19.1. The van der Waals surface area contributed by atoms with Gasteiger partial charge in [0.05, 0.1) is 0 Å². The van der Waals surface area contributed by atoms with Gasteiger partial charge in [0.25, 0.3) is 0 Å². The van der Waals surface area contributed by atoms with Gasteiger partial charge in [0.15, 0.2) is 0 Å². The van der Waals surface area contributed by atoms with E-state index in [9.17, 15) is 4.39 Å². The summed E-state index contributed by atoms with van der Waals surface area (Å²) in [7, 11) is 0. The summed E-state index contributed by atoms with van der Waals surface area (Å²) in [6.07, 6.45) is 0. The lowest BCUT2D eigenvalue weighted by molar-refractivity contribution is 0.303. The smallest absolute Gasteiger partial charge is 0.125 e. The molecule has 0 saturated carbocycles. The van der Waals surface area contributed by atoms with Crippen LogP contribution >= 0.6 is 0 Å². The molecule has 2 aromatic rings. The maximum Gasteiger partial charge on any atom is 0.125 e. The molecule has 0 aliphatic heterocycles. The van der Waals surface area contributed by atoms with Crippen LogP contribution in [0, 0.1) is 26.6 Å². The molecule has 0 aromatic heterocycles. The van der Waals surface area contributed by atoms with E-state index in [1.54, 1.807) is 6.07 Å². The highest BCUT2D eigenvalue weighted by Gasteiger charge is 2.05. The number of halogens is 1. The van der Waals surface area contributed by atoms with Crippen LogP contribution in [0.5, 0.6) is 5.75 Å². The van der Waals surface area contributed by atoms with Gasteiger partial charge >= 0.3 is 0 Å². The summed E-state index contributed by atoms with van der Waals surface area (Å²) in [6, 6.07) is 8.56. The van der Waals surface area contributed by atoms with Crippen LogP contribution in [-0.2, 0) is 6.61 Å². The molecule has 3 heteroatoms. The van der Waals surface area contributed by atoms with E-state index in [0.29, 0.717) is 12.3 Å². The van der Waals surface area contributed by atoms with Gasteiger partial charge in [-0.25, -0.2) is 4.39 Å². The lowest BCUT2D eigenvalue weighted by atomic mass is 10.1. The fourth-order valence-corrected chi connectivity index (χ4v) is 2.07. The number of rotatable bonds is 3. The van der Waals surface area contributed by atoms with Crippen molar-refractivity contribution in [2.24, 2.45) is 0 Å². The van der Waals surface area contributed by atoms with Crippen LogP contribution in [-0.4, -0.2) is 0 Å². The van der Waals surface area contributed by atoms with Crippen molar-refractivity contribution in [1.82, 2.24) is 0 Å². The van der Waals surface area contributed by atoms with Gasteiger partial charge in [-0.05, 0) is 67.3 Å². The van der Waals surface area contributed by atoms with Gasteiger partial charge in [-0.1, -0.05) is 6.07 Å². The molecule has 0 bridgehead atoms. The third-order valence-electron chi connectivity index (χ3n) is 3.14. The van der Waals surface area contributed by atoms with E-state index in [4.69, 9.17) is 10.5 Å². The number of hydrogen-bond acceptors (Lipinski definition) is 2. The van der Waals surface area contributed by atoms with Crippen LogP contribution in [0.15, 0.2) is 30.3 Å². The molecule has 100 valence electrons. The number of aryl methyl sites for hydroxylation is 2. The van der Waals surface area contributed by atoms with E-state index in [2.05, 4.69) is 13.0 Å². The first-order chi connectivity index (χ1) is 8.95. The average molecular weight is 259 g/mol. The van der Waals surface area contributed by atoms with Gasteiger partial charge in [0, 0.05) is 5.69 Å². The Balaban J connectivity index is 2.19. The summed E-state index contributed by atoms with van der Waals surface area (Å²) in [5, 5.41) is 0. The highest BCUT2D eigenvalue weighted by Crippen LogP contribution is 2.24. The SMILES string of the molecule is Cc1cc(C)c(C)c(OCc2cc(N)cc(F)c2)c1. The van der Waals surface area contributed by atoms with Gasteiger partial charge < -0.3 is 10.5 Å². The number of anilines is 1. The second-order valence-corrected chi connectivity index (χ2v) is 4.89. The molecule has 0 heterocycles. The first-order valence-electron chi connectivity index (χ1n) is 6.21. The van der Waals surface area contributed by atoms with E-state index < -0.39 is 0 Å². The predicted molar refractivity (Wildman–Crippen MR) is 75.8 cm³/mol. The topological polar surface area (TPSA) is 35.2 Å². The van der Waals surface area contributed by atoms with Crippen molar-refractivity contribution in [3.05, 3.63) is 58.4 Å². The molecular weight excluding hydrogens is 241 g/mol. The minimum absolute atomic E-state index is 0.311. The van der Waals surface area contributed by atoms with Crippen molar-refractivity contribution in [3.8, 4) is 5.75 Å². The molecule has 2 rings (SSSR count). The van der Waals surface area contributed by atoms with Crippen molar-refractivity contribution in [2.45, 2.75) is 27.4 Å². The molecule has 19 heavy (non-hydrogen) atoms. The largest absolute Gasteiger partial charge is 0.489 e. The van der Waals surface area contributed by atoms with Crippen molar-refractivity contribution in [1.29, 1.82) is 0 Å². The molecule has 0 spiro atoms. The molecule has 0 amide bonds. The average Bonchev–Trinajstić information content (AvgIpc) is 2.30. The number of benzene rings is 2. The van der Waals surface area contributed by atoms with Crippen molar-refractivity contribution in [2.75, 3.05) is 5.73 Å². The van der Waals surface area contributed by atoms with Crippen molar-refractivity contribution in [3.63, 3.8) is 0 Å². The molecular formula is C16H18FNO. The Bertz CT molecular complexity index is 588. The Kier molecular flexibility index (Phi) is 3.74.